The highest BCUT2D eigenvalue weighted by Crippen LogP contribution is 2.52. The lowest BCUT2D eigenvalue weighted by Crippen LogP contribution is -2.39. The number of rotatable bonds is 4. The van der Waals surface area contributed by atoms with Gasteiger partial charge in [0.2, 0.25) is 5.88 Å². The van der Waals surface area contributed by atoms with Crippen molar-refractivity contribution in [2.24, 2.45) is 5.73 Å². The zero-order valence-corrected chi connectivity index (χ0v) is 20.2. The minimum Gasteiger partial charge on any atom is -0.497 e. The van der Waals surface area contributed by atoms with Gasteiger partial charge < -0.3 is 15.2 Å². The summed E-state index contributed by atoms with van der Waals surface area (Å²) in [5.74, 6) is -0.461. The number of fused-ring (bicyclic) bond motifs is 2. The Kier molecular flexibility index (Phi) is 5.67. The van der Waals surface area contributed by atoms with Gasteiger partial charge in [-0.2, -0.15) is 5.26 Å². The summed E-state index contributed by atoms with van der Waals surface area (Å²) in [6, 6.07) is 23.1. The van der Waals surface area contributed by atoms with Gasteiger partial charge in [0.15, 0.2) is 5.76 Å². The minimum absolute atomic E-state index is 0.0128. The van der Waals surface area contributed by atoms with Gasteiger partial charge in [-0.1, -0.05) is 54.1 Å². The lowest BCUT2D eigenvalue weighted by Gasteiger charge is -2.38. The molecule has 0 amide bonds. The van der Waals surface area contributed by atoms with Crippen LogP contribution in [0.2, 0.25) is 5.02 Å². The molecule has 2 aliphatic rings. The first-order valence-electron chi connectivity index (χ1n) is 10.7. The molecule has 2 aliphatic heterocycles. The fraction of sp³-hybridized carbons (Fsp3) is 0.115. The Morgan fingerprint density at radius 2 is 1.86 bits per heavy atom. The van der Waals surface area contributed by atoms with E-state index >= 15 is 0 Å². The van der Waals surface area contributed by atoms with Crippen LogP contribution in [-0.2, 0) is 21.3 Å². The number of nitrogens with zero attached hydrogens (tertiary/aromatic N) is 2. The van der Waals surface area contributed by atoms with Crippen molar-refractivity contribution in [3.8, 4) is 11.8 Å². The molecule has 9 heteroatoms. The zero-order chi connectivity index (χ0) is 24.7. The smallest absolute Gasteiger partial charge is 0.265 e. The molecule has 0 spiro atoms. The van der Waals surface area contributed by atoms with Crippen molar-refractivity contribution in [3.63, 3.8) is 0 Å². The molecule has 0 radical (unpaired) electrons. The monoisotopic (exact) mass is 505 g/mol. The number of hydrogen-bond acceptors (Lipinski definition) is 6. The molecule has 7 nitrogen and oxygen atoms in total. The average Bonchev–Trinajstić information content (AvgIpc) is 2.86. The van der Waals surface area contributed by atoms with Crippen molar-refractivity contribution >= 4 is 33.1 Å². The van der Waals surface area contributed by atoms with Crippen LogP contribution in [0.4, 0.5) is 5.69 Å². The Morgan fingerprint density at radius 1 is 1.11 bits per heavy atom. The predicted octanol–water partition coefficient (Wildman–Crippen LogP) is 4.88. The minimum atomic E-state index is -4.19. The van der Waals surface area contributed by atoms with Crippen molar-refractivity contribution in [1.82, 2.24) is 0 Å². The van der Waals surface area contributed by atoms with E-state index in [1.165, 1.54) is 4.31 Å². The van der Waals surface area contributed by atoms with Crippen LogP contribution in [0.5, 0.6) is 5.75 Å². The lowest BCUT2D eigenvalue weighted by molar-refractivity contribution is 0.357. The van der Waals surface area contributed by atoms with Crippen LogP contribution in [0.1, 0.15) is 22.6 Å². The SMILES string of the molecule is COc1cccc(CN2c3ccccc3C3=C([C@H](c4ccccc4Cl)C(C#N)=C(N)O3)S2(=O)=O)c1. The fourth-order valence-electron chi connectivity index (χ4n) is 4.44. The molecular formula is C26H20ClN3O4S. The molecule has 2 heterocycles. The molecular weight excluding hydrogens is 486 g/mol. The second-order valence-corrected chi connectivity index (χ2v) is 10.3. The molecule has 176 valence electrons. The molecule has 0 saturated heterocycles. The molecule has 0 aromatic heterocycles. The van der Waals surface area contributed by atoms with E-state index in [1.807, 2.05) is 12.1 Å². The van der Waals surface area contributed by atoms with Crippen molar-refractivity contribution in [2.45, 2.75) is 12.5 Å². The summed E-state index contributed by atoms with van der Waals surface area (Å²) in [5.41, 5.74) is 8.31. The van der Waals surface area contributed by atoms with Gasteiger partial charge >= 0.3 is 0 Å². The molecule has 2 N–H and O–H groups in total. The number of nitriles is 1. The van der Waals surface area contributed by atoms with Gasteiger partial charge in [-0.15, -0.1) is 0 Å². The van der Waals surface area contributed by atoms with Crippen molar-refractivity contribution in [1.29, 1.82) is 5.26 Å². The van der Waals surface area contributed by atoms with Gasteiger partial charge in [0.1, 0.15) is 22.3 Å². The molecule has 3 aromatic rings. The Hall–Kier alpha value is -3.93. The van der Waals surface area contributed by atoms with Gasteiger partial charge in [0.25, 0.3) is 10.0 Å². The Morgan fingerprint density at radius 3 is 2.60 bits per heavy atom. The van der Waals surface area contributed by atoms with Crippen molar-refractivity contribution in [3.05, 3.63) is 111 Å². The van der Waals surface area contributed by atoms with E-state index in [0.29, 0.717) is 27.6 Å². The third kappa shape index (κ3) is 3.70. The van der Waals surface area contributed by atoms with E-state index in [9.17, 15) is 13.7 Å². The number of ether oxygens (including phenoxy) is 2. The van der Waals surface area contributed by atoms with Gasteiger partial charge in [-0.05, 0) is 41.5 Å². The lowest BCUT2D eigenvalue weighted by atomic mass is 9.88. The summed E-state index contributed by atoms with van der Waals surface area (Å²) in [4.78, 5) is -0.0713. The predicted molar refractivity (Wildman–Crippen MR) is 134 cm³/mol. The Balaban J connectivity index is 1.76. The molecule has 0 unspecified atom stereocenters. The van der Waals surface area contributed by atoms with Gasteiger partial charge in [-0.25, -0.2) is 8.42 Å². The zero-order valence-electron chi connectivity index (χ0n) is 18.6. The molecule has 5 rings (SSSR count). The van der Waals surface area contributed by atoms with Crippen LogP contribution in [0, 0.1) is 11.3 Å². The third-order valence-corrected chi connectivity index (χ3v) is 8.26. The van der Waals surface area contributed by atoms with Crippen LogP contribution < -0.4 is 14.8 Å². The second-order valence-electron chi connectivity index (χ2n) is 8.02. The molecule has 1 atom stereocenters. The largest absolute Gasteiger partial charge is 0.497 e. The average molecular weight is 506 g/mol. The molecule has 0 bridgehead atoms. The number of para-hydroxylation sites is 1. The fourth-order valence-corrected chi connectivity index (χ4v) is 6.59. The van der Waals surface area contributed by atoms with Crippen LogP contribution >= 0.6 is 11.6 Å². The first kappa shape index (κ1) is 22.8. The Labute approximate surface area is 208 Å². The number of hydrogen-bond donors (Lipinski definition) is 1. The topological polar surface area (TPSA) is 106 Å². The molecule has 0 aliphatic carbocycles. The number of benzene rings is 3. The maximum atomic E-state index is 14.3. The van der Waals surface area contributed by atoms with Gasteiger partial charge in [0, 0.05) is 10.6 Å². The second kappa shape index (κ2) is 8.69. The molecule has 0 saturated carbocycles. The quantitative estimate of drug-likeness (QED) is 0.542. The maximum absolute atomic E-state index is 14.3. The first-order valence-corrected chi connectivity index (χ1v) is 12.5. The van der Waals surface area contributed by atoms with E-state index in [2.05, 4.69) is 0 Å². The summed E-state index contributed by atoms with van der Waals surface area (Å²) in [5, 5.41) is 10.3. The molecule has 3 aromatic carbocycles. The number of anilines is 1. The number of nitrogens with two attached hydrogens (primary N) is 1. The van der Waals surface area contributed by atoms with Crippen molar-refractivity contribution in [2.75, 3.05) is 11.4 Å². The summed E-state index contributed by atoms with van der Waals surface area (Å²) in [6.45, 7) is 0.0453. The highest BCUT2D eigenvalue weighted by Gasteiger charge is 2.47. The van der Waals surface area contributed by atoms with Crippen LogP contribution in [0.3, 0.4) is 0 Å². The van der Waals surface area contributed by atoms with Gasteiger partial charge in [0.05, 0.1) is 25.3 Å². The molecule has 0 fully saturated rings. The summed E-state index contributed by atoms with van der Waals surface area (Å²) < 4.78 is 41.0. The van der Waals surface area contributed by atoms with Crippen LogP contribution in [0.15, 0.2) is 89.2 Å². The third-order valence-electron chi connectivity index (χ3n) is 6.03. The number of halogens is 1. The van der Waals surface area contributed by atoms with E-state index in [4.69, 9.17) is 26.8 Å². The van der Waals surface area contributed by atoms with E-state index in [-0.39, 0.29) is 28.7 Å². The van der Waals surface area contributed by atoms with Crippen molar-refractivity contribution < 1.29 is 17.9 Å². The first-order chi connectivity index (χ1) is 16.9. The normalized spacial score (nSPS) is 18.3. The molecule has 35 heavy (non-hydrogen) atoms. The highest BCUT2D eigenvalue weighted by atomic mass is 35.5. The standard InChI is InChI=1S/C26H20ClN3O4S/c1-33-17-8-6-7-16(13-17)15-30-22-12-5-3-10-19(22)24-25(35(30,31)32)23(20(14-28)26(29)34-24)18-9-2-4-11-21(18)27/h2-13,23H,15,29H2,1H3/t23-/m1/s1. The van der Waals surface area contributed by atoms with Crippen LogP contribution in [0.25, 0.3) is 5.76 Å². The van der Waals surface area contributed by atoms with Gasteiger partial charge in [-0.3, -0.25) is 4.31 Å². The summed E-state index contributed by atoms with van der Waals surface area (Å²) in [7, 11) is -2.64. The summed E-state index contributed by atoms with van der Waals surface area (Å²) in [6.07, 6.45) is 0. The summed E-state index contributed by atoms with van der Waals surface area (Å²) >= 11 is 6.49. The number of methoxy groups -OCH3 is 1. The number of allylic oxidation sites excluding steroid dienone is 2. The van der Waals surface area contributed by atoms with E-state index < -0.39 is 15.9 Å². The highest BCUT2D eigenvalue weighted by molar-refractivity contribution is 7.96. The van der Waals surface area contributed by atoms with Crippen LogP contribution in [-0.4, -0.2) is 15.5 Å². The van der Waals surface area contributed by atoms with E-state index in [1.54, 1.807) is 73.8 Å². The number of sulfonamides is 1. The van der Waals surface area contributed by atoms with E-state index in [0.717, 1.165) is 5.56 Å². The maximum Gasteiger partial charge on any atom is 0.265 e. The Bertz CT molecular complexity index is 1560.